The molecule has 1 amide bonds. The van der Waals surface area contributed by atoms with Gasteiger partial charge in [0.25, 0.3) is 5.91 Å². The lowest BCUT2D eigenvalue weighted by molar-refractivity contribution is -0.117. The van der Waals surface area contributed by atoms with Crippen LogP contribution in [0.25, 0.3) is 0 Å². The normalized spacial score (nSPS) is 16.4. The number of aliphatic hydroxyl groups is 1. The summed E-state index contributed by atoms with van der Waals surface area (Å²) in [6.45, 7) is 5.47. The van der Waals surface area contributed by atoms with Crippen LogP contribution in [0.4, 0.5) is 5.69 Å². The Labute approximate surface area is 193 Å². The summed E-state index contributed by atoms with van der Waals surface area (Å²) >= 11 is 13.5. The highest BCUT2D eigenvalue weighted by molar-refractivity contribution is 7.14. The maximum atomic E-state index is 13.5. The molecule has 0 bridgehead atoms. The van der Waals surface area contributed by atoms with E-state index < -0.39 is 23.5 Å². The molecule has 0 fully saturated rings. The molecule has 1 atom stereocenters. The molecule has 2 aromatic carbocycles. The minimum Gasteiger partial charge on any atom is -0.503 e. The summed E-state index contributed by atoms with van der Waals surface area (Å²) < 4.78 is 0. The predicted octanol–water partition coefficient (Wildman–Crippen LogP) is 6.16. The van der Waals surface area contributed by atoms with E-state index >= 15 is 0 Å². The molecule has 0 aliphatic carbocycles. The molecule has 1 aromatic heterocycles. The van der Waals surface area contributed by atoms with Crippen molar-refractivity contribution in [2.24, 2.45) is 0 Å². The van der Waals surface area contributed by atoms with Crippen molar-refractivity contribution in [3.8, 4) is 0 Å². The van der Waals surface area contributed by atoms with Gasteiger partial charge in [0, 0.05) is 5.69 Å². The van der Waals surface area contributed by atoms with Gasteiger partial charge in [0.05, 0.1) is 37.2 Å². The Morgan fingerprint density at radius 3 is 2.45 bits per heavy atom. The summed E-state index contributed by atoms with van der Waals surface area (Å²) in [5, 5.41) is 12.2. The summed E-state index contributed by atoms with van der Waals surface area (Å²) in [6, 6.07) is 11.4. The molecule has 8 heteroatoms. The second kappa shape index (κ2) is 8.11. The Hall–Kier alpha value is -2.67. The molecule has 3 aromatic rings. The Balaban J connectivity index is 1.92. The van der Waals surface area contributed by atoms with E-state index in [1.807, 2.05) is 38.1 Å². The van der Waals surface area contributed by atoms with Gasteiger partial charge in [0.15, 0.2) is 5.76 Å². The zero-order valence-corrected chi connectivity index (χ0v) is 19.3. The lowest BCUT2D eigenvalue weighted by Crippen LogP contribution is -2.31. The van der Waals surface area contributed by atoms with Crippen LogP contribution in [0.2, 0.25) is 10.0 Å². The minimum absolute atomic E-state index is 0.0217. The van der Waals surface area contributed by atoms with Gasteiger partial charge in [-0.05, 0) is 44.5 Å². The van der Waals surface area contributed by atoms with Crippen LogP contribution in [-0.4, -0.2) is 21.8 Å². The zero-order valence-electron chi connectivity index (χ0n) is 16.9. The van der Waals surface area contributed by atoms with Crippen LogP contribution in [0.5, 0.6) is 0 Å². The van der Waals surface area contributed by atoms with Crippen LogP contribution in [0.3, 0.4) is 0 Å². The molecule has 1 N–H and O–H groups in total. The van der Waals surface area contributed by atoms with Crippen molar-refractivity contribution in [1.82, 2.24) is 4.98 Å². The largest absolute Gasteiger partial charge is 0.503 e. The number of carbonyl (C=O) groups excluding carboxylic acids is 2. The number of Topliss-reactive ketones (excluding diaryl/α,β-unsaturated/α-hetero) is 1. The van der Waals surface area contributed by atoms with Gasteiger partial charge < -0.3 is 5.11 Å². The molecule has 0 radical (unpaired) electrons. The molecule has 4 rings (SSSR count). The number of rotatable bonds is 4. The number of hydrogen-bond donors (Lipinski definition) is 1. The lowest BCUT2D eigenvalue weighted by Gasteiger charge is -2.27. The third kappa shape index (κ3) is 3.76. The van der Waals surface area contributed by atoms with Gasteiger partial charge in [-0.2, -0.15) is 0 Å². The Bertz CT molecular complexity index is 1270. The Morgan fingerprint density at radius 1 is 1.10 bits per heavy atom. The molecule has 158 valence electrons. The third-order valence-electron chi connectivity index (χ3n) is 5.10. The average molecular weight is 473 g/mol. The molecule has 2 heterocycles. The first kappa shape index (κ1) is 21.6. The number of aromatic nitrogens is 1. The fourth-order valence-electron chi connectivity index (χ4n) is 3.76. The lowest BCUT2D eigenvalue weighted by atomic mass is 9.94. The number of ketones is 1. The summed E-state index contributed by atoms with van der Waals surface area (Å²) in [7, 11) is 0. The predicted molar refractivity (Wildman–Crippen MR) is 123 cm³/mol. The molecular formula is C23H18Cl2N2O3S. The van der Waals surface area contributed by atoms with Crippen LogP contribution >= 0.6 is 34.5 Å². The van der Waals surface area contributed by atoms with E-state index in [1.165, 1.54) is 16.2 Å². The average Bonchev–Trinajstić information content (AvgIpc) is 3.19. The van der Waals surface area contributed by atoms with Gasteiger partial charge in [-0.1, -0.05) is 53.0 Å². The van der Waals surface area contributed by atoms with E-state index in [4.69, 9.17) is 23.2 Å². The van der Waals surface area contributed by atoms with Gasteiger partial charge in [-0.3, -0.25) is 14.5 Å². The summed E-state index contributed by atoms with van der Waals surface area (Å²) in [6.07, 6.45) is 0. The monoisotopic (exact) mass is 472 g/mol. The number of nitrogens with zero attached hydrogens (tertiary/aromatic N) is 2. The van der Waals surface area contributed by atoms with Crippen LogP contribution in [0.1, 0.15) is 37.5 Å². The highest BCUT2D eigenvalue weighted by Gasteiger charge is 2.45. The molecule has 31 heavy (non-hydrogen) atoms. The number of aliphatic hydroxyl groups excluding tert-OH is 1. The van der Waals surface area contributed by atoms with Crippen LogP contribution in [0, 0.1) is 20.8 Å². The summed E-state index contributed by atoms with van der Waals surface area (Å²) in [5.41, 5.74) is 2.68. The zero-order chi connectivity index (χ0) is 22.4. The van der Waals surface area contributed by atoms with Crippen LogP contribution < -0.4 is 4.90 Å². The van der Waals surface area contributed by atoms with Gasteiger partial charge >= 0.3 is 0 Å². The highest BCUT2D eigenvalue weighted by atomic mass is 35.5. The third-order valence-corrected chi connectivity index (χ3v) is 6.91. The molecule has 0 saturated carbocycles. The molecular weight excluding hydrogens is 455 g/mol. The topological polar surface area (TPSA) is 70.5 Å². The molecule has 1 aliphatic heterocycles. The van der Waals surface area contributed by atoms with E-state index in [1.54, 1.807) is 25.1 Å². The molecule has 0 saturated heterocycles. The number of hydrogen-bond acceptors (Lipinski definition) is 5. The van der Waals surface area contributed by atoms with Crippen molar-refractivity contribution >= 4 is 51.9 Å². The van der Waals surface area contributed by atoms with Crippen molar-refractivity contribution in [2.75, 3.05) is 4.90 Å². The highest BCUT2D eigenvalue weighted by Crippen LogP contribution is 2.43. The van der Waals surface area contributed by atoms with Crippen molar-refractivity contribution in [2.45, 2.75) is 26.8 Å². The SMILES string of the molecule is Cc1cccc(C2C(C(=O)c3sc(C)nc3C)=C(O)C(=O)N2c2ccc(Cl)c(Cl)c2)c1. The van der Waals surface area contributed by atoms with Gasteiger partial charge in [-0.25, -0.2) is 4.98 Å². The number of carbonyl (C=O) groups is 2. The van der Waals surface area contributed by atoms with Gasteiger partial charge in [0.2, 0.25) is 5.78 Å². The Morgan fingerprint density at radius 2 is 1.84 bits per heavy atom. The van der Waals surface area contributed by atoms with E-state index in [2.05, 4.69) is 4.98 Å². The maximum absolute atomic E-state index is 13.5. The minimum atomic E-state index is -0.820. The van der Waals surface area contributed by atoms with E-state index in [9.17, 15) is 14.7 Å². The molecule has 5 nitrogen and oxygen atoms in total. The van der Waals surface area contributed by atoms with E-state index in [-0.39, 0.29) is 10.6 Å². The fraction of sp³-hybridized carbons (Fsp3) is 0.174. The van der Waals surface area contributed by atoms with E-state index in [0.717, 1.165) is 10.6 Å². The quantitative estimate of drug-likeness (QED) is 0.461. The van der Waals surface area contributed by atoms with Crippen molar-refractivity contribution in [3.05, 3.63) is 90.5 Å². The van der Waals surface area contributed by atoms with Crippen molar-refractivity contribution in [1.29, 1.82) is 0 Å². The number of benzene rings is 2. The van der Waals surface area contributed by atoms with Crippen LogP contribution in [-0.2, 0) is 4.79 Å². The number of anilines is 1. The number of amides is 1. The van der Waals surface area contributed by atoms with Gasteiger partial charge in [-0.15, -0.1) is 11.3 Å². The summed E-state index contributed by atoms with van der Waals surface area (Å²) in [4.78, 5) is 32.8. The molecule has 1 aliphatic rings. The molecule has 1 unspecified atom stereocenters. The first-order valence-corrected chi connectivity index (χ1v) is 11.0. The van der Waals surface area contributed by atoms with Crippen molar-refractivity contribution < 1.29 is 14.7 Å². The number of thiazole rings is 1. The number of halogens is 2. The Kier molecular flexibility index (Phi) is 5.64. The fourth-order valence-corrected chi connectivity index (χ4v) is 4.92. The summed E-state index contributed by atoms with van der Waals surface area (Å²) in [5.74, 6) is -1.66. The maximum Gasteiger partial charge on any atom is 0.294 e. The first-order chi connectivity index (χ1) is 14.7. The smallest absolute Gasteiger partial charge is 0.294 e. The standard InChI is InChI=1S/C23H18Cl2N2O3S/c1-11-5-4-6-14(9-11)19-18(20(28)22-12(2)26-13(3)31-22)21(29)23(30)27(19)15-7-8-16(24)17(25)10-15/h4-10,19,29H,1-3H3. The van der Waals surface area contributed by atoms with Crippen LogP contribution in [0.15, 0.2) is 53.8 Å². The second-order valence-electron chi connectivity index (χ2n) is 7.33. The molecule has 0 spiro atoms. The van der Waals surface area contributed by atoms with Gasteiger partial charge in [0.1, 0.15) is 0 Å². The second-order valence-corrected chi connectivity index (χ2v) is 9.35. The first-order valence-electron chi connectivity index (χ1n) is 9.46. The van der Waals surface area contributed by atoms with E-state index in [0.29, 0.717) is 26.8 Å². The number of aryl methyl sites for hydroxylation is 3. The van der Waals surface area contributed by atoms with Crippen molar-refractivity contribution in [3.63, 3.8) is 0 Å².